The molecule has 2 aromatic carbocycles. The summed E-state index contributed by atoms with van der Waals surface area (Å²) in [6.07, 6.45) is 3.69. The number of carbonyl (C=O) groups is 1. The van der Waals surface area contributed by atoms with Crippen LogP contribution in [-0.2, 0) is 11.3 Å². The minimum Gasteiger partial charge on any atom is -0.478 e. The third kappa shape index (κ3) is 3.41. The molecule has 0 amide bonds. The molecule has 1 fully saturated rings. The quantitative estimate of drug-likeness (QED) is 0.694. The molecule has 1 saturated heterocycles. The van der Waals surface area contributed by atoms with Gasteiger partial charge in [0.2, 0.25) is 5.78 Å². The fourth-order valence-corrected chi connectivity index (χ4v) is 4.20. The van der Waals surface area contributed by atoms with Gasteiger partial charge in [0, 0.05) is 25.3 Å². The third-order valence-electron chi connectivity index (χ3n) is 5.44. The number of carbonyl (C=O) groups excluding carboxylic acids is 1. The van der Waals surface area contributed by atoms with Crippen molar-refractivity contribution in [1.82, 2.24) is 4.90 Å². The first-order chi connectivity index (χ1) is 14.1. The van der Waals surface area contributed by atoms with Gasteiger partial charge >= 0.3 is 0 Å². The highest BCUT2D eigenvalue weighted by atomic mass is 35.5. The Kier molecular flexibility index (Phi) is 4.78. The van der Waals surface area contributed by atoms with E-state index in [1.165, 1.54) is 18.2 Å². The summed E-state index contributed by atoms with van der Waals surface area (Å²) in [6.45, 7) is 2.63. The molecule has 0 aliphatic carbocycles. The number of nitrogens with zero attached hydrogens (tertiary/aromatic N) is 1. The van der Waals surface area contributed by atoms with E-state index in [9.17, 15) is 9.18 Å². The molecule has 29 heavy (non-hydrogen) atoms. The van der Waals surface area contributed by atoms with Crippen LogP contribution in [0.1, 0.15) is 34.3 Å². The number of Topliss-reactive ketones (excluding diaryl/α,β-unsaturated/α-hetero) is 1. The molecule has 1 atom stereocenters. The third-order valence-corrected chi connectivity index (χ3v) is 5.77. The normalized spacial score (nSPS) is 22.3. The molecule has 150 valence electrons. The lowest BCUT2D eigenvalue weighted by Gasteiger charge is -2.31. The second-order valence-corrected chi connectivity index (χ2v) is 7.82. The van der Waals surface area contributed by atoms with Crippen LogP contribution in [0.3, 0.4) is 0 Å². The zero-order chi connectivity index (χ0) is 20.0. The summed E-state index contributed by atoms with van der Waals surface area (Å²) in [7, 11) is 0. The second-order valence-electron chi connectivity index (χ2n) is 7.41. The number of halogens is 2. The Bertz CT molecular complexity index is 996. The standard InChI is InChI=1S/C22H19ClFNO4/c23-17-4-1-5-18(24)15(17)9-20-21(26)14-6-7-19-16(22(14)29-20)11-25(12-28-19)10-13-3-2-8-27-13/h1,4-7,9,13H,2-3,8,10-12H2/b20-9-. The van der Waals surface area contributed by atoms with Crippen molar-refractivity contribution in [3.63, 3.8) is 0 Å². The van der Waals surface area contributed by atoms with E-state index in [2.05, 4.69) is 4.90 Å². The lowest BCUT2D eigenvalue weighted by molar-refractivity contribution is 0.0274. The molecule has 1 unspecified atom stereocenters. The van der Waals surface area contributed by atoms with Crippen molar-refractivity contribution in [2.75, 3.05) is 19.9 Å². The van der Waals surface area contributed by atoms with E-state index in [-0.39, 0.29) is 28.2 Å². The number of fused-ring (bicyclic) bond motifs is 3. The van der Waals surface area contributed by atoms with Gasteiger partial charge in [-0.3, -0.25) is 9.69 Å². The first-order valence-corrected chi connectivity index (χ1v) is 9.99. The maximum atomic E-state index is 14.1. The van der Waals surface area contributed by atoms with Gasteiger partial charge in [0.1, 0.15) is 24.0 Å². The summed E-state index contributed by atoms with van der Waals surface area (Å²) in [5.41, 5.74) is 1.41. The van der Waals surface area contributed by atoms with E-state index in [1.54, 1.807) is 18.2 Å². The highest BCUT2D eigenvalue weighted by molar-refractivity contribution is 6.32. The Morgan fingerprint density at radius 3 is 2.97 bits per heavy atom. The zero-order valence-corrected chi connectivity index (χ0v) is 16.4. The number of benzene rings is 2. The second kappa shape index (κ2) is 7.44. The fourth-order valence-electron chi connectivity index (χ4n) is 3.98. The van der Waals surface area contributed by atoms with Crippen LogP contribution in [-0.4, -0.2) is 36.7 Å². The molecule has 0 saturated carbocycles. The monoisotopic (exact) mass is 415 g/mol. The van der Waals surface area contributed by atoms with Gasteiger partial charge in [-0.05, 0) is 43.2 Å². The number of ether oxygens (including phenoxy) is 3. The van der Waals surface area contributed by atoms with Gasteiger partial charge < -0.3 is 14.2 Å². The van der Waals surface area contributed by atoms with Crippen molar-refractivity contribution in [3.8, 4) is 11.5 Å². The maximum absolute atomic E-state index is 14.1. The van der Waals surface area contributed by atoms with E-state index < -0.39 is 5.82 Å². The molecule has 0 N–H and O–H groups in total. The van der Waals surface area contributed by atoms with Crippen LogP contribution < -0.4 is 9.47 Å². The van der Waals surface area contributed by atoms with E-state index >= 15 is 0 Å². The Labute approximate surface area is 172 Å². The SMILES string of the molecule is O=C1/C(=C/c2c(F)cccc2Cl)Oc2c1ccc1c2CN(CC2CCCO2)CO1. The van der Waals surface area contributed by atoms with Gasteiger partial charge in [-0.1, -0.05) is 17.7 Å². The molecule has 7 heteroatoms. The van der Waals surface area contributed by atoms with Crippen molar-refractivity contribution in [2.45, 2.75) is 25.5 Å². The van der Waals surface area contributed by atoms with Gasteiger partial charge in [0.25, 0.3) is 0 Å². The Morgan fingerprint density at radius 1 is 1.28 bits per heavy atom. The Hall–Kier alpha value is -2.41. The minimum absolute atomic E-state index is 0.0525. The summed E-state index contributed by atoms with van der Waals surface area (Å²) < 4.78 is 31.6. The average Bonchev–Trinajstić information content (AvgIpc) is 3.33. The predicted octanol–water partition coefficient (Wildman–Crippen LogP) is 4.43. The van der Waals surface area contributed by atoms with Crippen molar-refractivity contribution < 1.29 is 23.4 Å². The smallest absolute Gasteiger partial charge is 0.231 e. The zero-order valence-electron chi connectivity index (χ0n) is 15.6. The largest absolute Gasteiger partial charge is 0.478 e. The molecule has 2 aromatic rings. The summed E-state index contributed by atoms with van der Waals surface area (Å²) in [6, 6.07) is 7.86. The highest BCUT2D eigenvalue weighted by Gasteiger charge is 2.34. The van der Waals surface area contributed by atoms with Crippen LogP contribution in [0.5, 0.6) is 11.5 Å². The first-order valence-electron chi connectivity index (χ1n) is 9.61. The first kappa shape index (κ1) is 18.6. The van der Waals surface area contributed by atoms with E-state index in [4.69, 9.17) is 25.8 Å². The topological polar surface area (TPSA) is 48.0 Å². The molecule has 0 aromatic heterocycles. The highest BCUT2D eigenvalue weighted by Crippen LogP contribution is 2.42. The number of ketones is 1. The average molecular weight is 416 g/mol. The summed E-state index contributed by atoms with van der Waals surface area (Å²) >= 11 is 6.09. The Morgan fingerprint density at radius 2 is 2.17 bits per heavy atom. The number of allylic oxidation sites excluding steroid dienone is 1. The molecule has 5 nitrogen and oxygen atoms in total. The van der Waals surface area contributed by atoms with Crippen molar-refractivity contribution >= 4 is 23.5 Å². The maximum Gasteiger partial charge on any atom is 0.231 e. The summed E-state index contributed by atoms with van der Waals surface area (Å²) in [4.78, 5) is 15.0. The van der Waals surface area contributed by atoms with E-state index in [0.29, 0.717) is 30.3 Å². The molecule has 3 aliphatic heterocycles. The summed E-state index contributed by atoms with van der Waals surface area (Å²) in [5.74, 6) is 0.425. The van der Waals surface area contributed by atoms with Crippen molar-refractivity contribution in [1.29, 1.82) is 0 Å². The van der Waals surface area contributed by atoms with Crippen LogP contribution in [0, 0.1) is 5.82 Å². The summed E-state index contributed by atoms with van der Waals surface area (Å²) in [5, 5.41) is 0.220. The molecular weight excluding hydrogens is 397 g/mol. The van der Waals surface area contributed by atoms with Crippen LogP contribution in [0.4, 0.5) is 4.39 Å². The van der Waals surface area contributed by atoms with Gasteiger partial charge in [-0.25, -0.2) is 4.39 Å². The molecule has 0 radical (unpaired) electrons. The lowest BCUT2D eigenvalue weighted by Crippen LogP contribution is -2.37. The van der Waals surface area contributed by atoms with E-state index in [0.717, 1.165) is 31.6 Å². The molecule has 0 bridgehead atoms. The van der Waals surface area contributed by atoms with Gasteiger partial charge in [-0.2, -0.15) is 0 Å². The molecule has 3 heterocycles. The van der Waals surface area contributed by atoms with Gasteiger partial charge in [0.15, 0.2) is 5.76 Å². The molecule has 5 rings (SSSR count). The molecular formula is C22H19ClFNO4. The number of hydrogen-bond acceptors (Lipinski definition) is 5. The molecule has 3 aliphatic rings. The van der Waals surface area contributed by atoms with E-state index in [1.807, 2.05) is 0 Å². The fraction of sp³-hybridized carbons (Fsp3) is 0.318. The van der Waals surface area contributed by atoms with Crippen LogP contribution in [0.2, 0.25) is 5.02 Å². The minimum atomic E-state index is -0.509. The lowest BCUT2D eigenvalue weighted by atomic mass is 10.0. The van der Waals surface area contributed by atoms with Crippen LogP contribution >= 0.6 is 11.6 Å². The van der Waals surface area contributed by atoms with Crippen LogP contribution in [0.15, 0.2) is 36.1 Å². The number of hydrogen-bond donors (Lipinski definition) is 0. The van der Waals surface area contributed by atoms with Crippen molar-refractivity contribution in [2.24, 2.45) is 0 Å². The Balaban J connectivity index is 1.44. The molecule has 0 spiro atoms. The van der Waals surface area contributed by atoms with Gasteiger partial charge in [0.05, 0.1) is 22.3 Å². The van der Waals surface area contributed by atoms with Crippen LogP contribution in [0.25, 0.3) is 6.08 Å². The van der Waals surface area contributed by atoms with Crippen molar-refractivity contribution in [3.05, 3.63) is 63.6 Å². The predicted molar refractivity (Wildman–Crippen MR) is 106 cm³/mol. The van der Waals surface area contributed by atoms with Gasteiger partial charge in [-0.15, -0.1) is 0 Å². The number of rotatable bonds is 3.